The zero-order chi connectivity index (χ0) is 22.0. The number of hydrogen-bond donors (Lipinski definition) is 0. The summed E-state index contributed by atoms with van der Waals surface area (Å²) in [5, 5.41) is 0. The van der Waals surface area contributed by atoms with Crippen LogP contribution in [0.15, 0.2) is 53.9 Å². The first-order chi connectivity index (χ1) is 14.3. The van der Waals surface area contributed by atoms with Crippen LogP contribution in [-0.4, -0.2) is 49.4 Å². The van der Waals surface area contributed by atoms with Crippen LogP contribution in [0.25, 0.3) is 0 Å². The van der Waals surface area contributed by atoms with Gasteiger partial charge in [-0.05, 0) is 36.3 Å². The molecule has 0 aromatic heterocycles. The van der Waals surface area contributed by atoms with Crippen molar-refractivity contribution in [2.24, 2.45) is 5.92 Å². The molecule has 0 aliphatic carbocycles. The van der Waals surface area contributed by atoms with Gasteiger partial charge in [0.2, 0.25) is 0 Å². The average molecular weight is 410 g/mol. The molecule has 0 radical (unpaired) electrons. The van der Waals surface area contributed by atoms with Crippen LogP contribution in [0.1, 0.15) is 34.6 Å². The number of esters is 2. The predicted octanol–water partition coefficient (Wildman–Crippen LogP) is 2.43. The lowest BCUT2D eigenvalue weighted by atomic mass is 10.1. The zero-order valence-electron chi connectivity index (χ0n) is 17.2. The Morgan fingerprint density at radius 1 is 0.967 bits per heavy atom. The molecular formula is C22H22N2O6. The number of ether oxygens (including phenoxy) is 2. The summed E-state index contributed by atoms with van der Waals surface area (Å²) in [6.45, 7) is 4.16. The maximum atomic E-state index is 12.8. The van der Waals surface area contributed by atoms with E-state index < -0.39 is 11.9 Å². The fraction of sp³-hybridized carbons (Fsp3) is 0.273. The van der Waals surface area contributed by atoms with Gasteiger partial charge in [-0.3, -0.25) is 14.5 Å². The van der Waals surface area contributed by atoms with Crippen LogP contribution >= 0.6 is 0 Å². The summed E-state index contributed by atoms with van der Waals surface area (Å²) in [5.74, 6) is -2.07. The molecule has 30 heavy (non-hydrogen) atoms. The normalized spacial score (nSPS) is 15.6. The number of allylic oxidation sites excluding steroid dienone is 2. The smallest absolute Gasteiger partial charge is 0.355 e. The molecule has 2 amide bonds. The number of methoxy groups -OCH3 is 2. The highest BCUT2D eigenvalue weighted by Crippen LogP contribution is 2.32. The molecule has 2 heterocycles. The Kier molecular flexibility index (Phi) is 5.86. The number of fused-ring (bicyclic) bond motifs is 1. The minimum atomic E-state index is -0.754. The van der Waals surface area contributed by atoms with E-state index in [1.807, 2.05) is 13.8 Å². The third-order valence-corrected chi connectivity index (χ3v) is 4.67. The monoisotopic (exact) mass is 410 g/mol. The summed E-state index contributed by atoms with van der Waals surface area (Å²) < 4.78 is 9.66. The summed E-state index contributed by atoms with van der Waals surface area (Å²) in [6, 6.07) is 4.68. The second kappa shape index (κ2) is 8.36. The fourth-order valence-corrected chi connectivity index (χ4v) is 3.33. The van der Waals surface area contributed by atoms with E-state index in [-0.39, 0.29) is 34.6 Å². The maximum Gasteiger partial charge on any atom is 0.355 e. The quantitative estimate of drug-likeness (QED) is 0.544. The van der Waals surface area contributed by atoms with Crippen LogP contribution in [0.3, 0.4) is 0 Å². The van der Waals surface area contributed by atoms with Gasteiger partial charge in [-0.25, -0.2) is 9.59 Å². The Labute approximate surface area is 174 Å². The lowest BCUT2D eigenvalue weighted by molar-refractivity contribution is -0.139. The number of amides is 2. The molecule has 1 aromatic carbocycles. The molecule has 0 spiro atoms. The van der Waals surface area contributed by atoms with E-state index in [1.165, 1.54) is 36.2 Å². The molecule has 3 rings (SSSR count). The van der Waals surface area contributed by atoms with Gasteiger partial charge in [0.25, 0.3) is 11.8 Å². The topological polar surface area (TPSA) is 93.2 Å². The van der Waals surface area contributed by atoms with Crippen molar-refractivity contribution in [1.29, 1.82) is 0 Å². The second-order valence-corrected chi connectivity index (χ2v) is 7.16. The second-order valence-electron chi connectivity index (χ2n) is 7.16. The summed E-state index contributed by atoms with van der Waals surface area (Å²) in [4.78, 5) is 52.9. The standard InChI is InChI=1S/C22H22N2O6/c1-13(2)12-24-19(25)15-9-8-14(11-17(15)20(24)26)23-10-6-5-7-16(21(27)29-3)18(23)22(28)30-4/h5-11,13H,12H2,1-4H3. The molecule has 1 aromatic rings. The lowest BCUT2D eigenvalue weighted by Crippen LogP contribution is -2.33. The Morgan fingerprint density at radius 2 is 1.63 bits per heavy atom. The van der Waals surface area contributed by atoms with Gasteiger partial charge in [0.05, 0.1) is 30.9 Å². The summed E-state index contributed by atoms with van der Waals surface area (Å²) in [6.07, 6.45) is 6.22. The Bertz CT molecular complexity index is 1020. The molecule has 8 nitrogen and oxygen atoms in total. The summed E-state index contributed by atoms with van der Waals surface area (Å²) in [7, 11) is 2.42. The van der Waals surface area contributed by atoms with Gasteiger partial charge in [-0.15, -0.1) is 0 Å². The van der Waals surface area contributed by atoms with Crippen LogP contribution in [0.4, 0.5) is 5.69 Å². The van der Waals surface area contributed by atoms with Crippen molar-refractivity contribution in [1.82, 2.24) is 4.90 Å². The highest BCUT2D eigenvalue weighted by molar-refractivity contribution is 6.22. The Morgan fingerprint density at radius 3 is 2.27 bits per heavy atom. The first-order valence-electron chi connectivity index (χ1n) is 9.35. The highest BCUT2D eigenvalue weighted by Gasteiger charge is 2.37. The van der Waals surface area contributed by atoms with Crippen molar-refractivity contribution in [3.8, 4) is 0 Å². The first kappa shape index (κ1) is 21.0. The molecule has 2 aliphatic heterocycles. The fourth-order valence-electron chi connectivity index (χ4n) is 3.33. The van der Waals surface area contributed by atoms with Gasteiger partial charge < -0.3 is 14.4 Å². The summed E-state index contributed by atoms with van der Waals surface area (Å²) >= 11 is 0. The van der Waals surface area contributed by atoms with Crippen molar-refractivity contribution < 1.29 is 28.7 Å². The number of hydrogen-bond acceptors (Lipinski definition) is 7. The number of imide groups is 1. The molecule has 0 atom stereocenters. The number of rotatable bonds is 5. The van der Waals surface area contributed by atoms with Gasteiger partial charge in [-0.2, -0.15) is 0 Å². The molecule has 0 fully saturated rings. The van der Waals surface area contributed by atoms with E-state index in [0.717, 1.165) is 0 Å². The van der Waals surface area contributed by atoms with Crippen molar-refractivity contribution >= 4 is 29.4 Å². The molecule has 2 aliphatic rings. The third-order valence-electron chi connectivity index (χ3n) is 4.67. The first-order valence-corrected chi connectivity index (χ1v) is 9.35. The Hall–Kier alpha value is -3.68. The minimum Gasteiger partial charge on any atom is -0.465 e. The largest absolute Gasteiger partial charge is 0.465 e. The van der Waals surface area contributed by atoms with Gasteiger partial charge in [0.1, 0.15) is 5.70 Å². The van der Waals surface area contributed by atoms with E-state index in [9.17, 15) is 19.2 Å². The Balaban J connectivity index is 2.11. The van der Waals surface area contributed by atoms with E-state index >= 15 is 0 Å². The lowest BCUT2D eigenvalue weighted by Gasteiger charge is -2.23. The minimum absolute atomic E-state index is 0.00122. The number of carbonyl (C=O) groups excluding carboxylic acids is 4. The van der Waals surface area contributed by atoms with Crippen molar-refractivity contribution in [2.75, 3.05) is 25.7 Å². The van der Waals surface area contributed by atoms with E-state index in [1.54, 1.807) is 30.5 Å². The third kappa shape index (κ3) is 3.63. The van der Waals surface area contributed by atoms with Crippen LogP contribution in [-0.2, 0) is 19.1 Å². The van der Waals surface area contributed by atoms with Crippen LogP contribution in [0.5, 0.6) is 0 Å². The number of carbonyl (C=O) groups is 4. The zero-order valence-corrected chi connectivity index (χ0v) is 17.2. The number of nitrogens with zero attached hydrogens (tertiary/aromatic N) is 2. The van der Waals surface area contributed by atoms with Crippen LogP contribution < -0.4 is 4.90 Å². The van der Waals surface area contributed by atoms with Gasteiger partial charge in [-0.1, -0.05) is 19.9 Å². The number of anilines is 1. The molecule has 0 saturated heterocycles. The molecule has 0 N–H and O–H groups in total. The molecule has 156 valence electrons. The van der Waals surface area contributed by atoms with E-state index in [4.69, 9.17) is 9.47 Å². The van der Waals surface area contributed by atoms with Crippen LogP contribution in [0.2, 0.25) is 0 Å². The molecular weight excluding hydrogens is 388 g/mol. The van der Waals surface area contributed by atoms with Crippen molar-refractivity contribution in [3.63, 3.8) is 0 Å². The predicted molar refractivity (Wildman–Crippen MR) is 108 cm³/mol. The van der Waals surface area contributed by atoms with Gasteiger partial charge in [0, 0.05) is 18.4 Å². The van der Waals surface area contributed by atoms with Crippen LogP contribution in [0, 0.1) is 5.92 Å². The highest BCUT2D eigenvalue weighted by atomic mass is 16.5. The van der Waals surface area contributed by atoms with Gasteiger partial charge in [0.15, 0.2) is 0 Å². The maximum absolute atomic E-state index is 12.8. The van der Waals surface area contributed by atoms with Crippen molar-refractivity contribution in [2.45, 2.75) is 13.8 Å². The average Bonchev–Trinajstić information content (AvgIpc) is 2.90. The molecule has 0 saturated carbocycles. The molecule has 0 bridgehead atoms. The summed E-state index contributed by atoms with van der Waals surface area (Å²) in [5.41, 5.74) is 0.901. The van der Waals surface area contributed by atoms with E-state index in [2.05, 4.69) is 0 Å². The van der Waals surface area contributed by atoms with E-state index in [0.29, 0.717) is 17.8 Å². The van der Waals surface area contributed by atoms with Gasteiger partial charge >= 0.3 is 11.9 Å². The molecule has 8 heteroatoms. The van der Waals surface area contributed by atoms with Crippen molar-refractivity contribution in [3.05, 3.63) is 65.0 Å². The molecule has 0 unspecified atom stereocenters. The SMILES string of the molecule is COC(=O)C1=C(C(=O)OC)N(c2ccc3c(c2)C(=O)N(CC(C)C)C3=O)C=CC=C1. The number of benzene rings is 1.